The Morgan fingerprint density at radius 3 is 2.18 bits per heavy atom. The third kappa shape index (κ3) is 4.00. The first-order valence-electron chi connectivity index (χ1n) is 13.4. The van der Waals surface area contributed by atoms with Crippen molar-refractivity contribution in [1.82, 2.24) is 14.6 Å². The second-order valence-corrected chi connectivity index (χ2v) is 10.9. The van der Waals surface area contributed by atoms with Crippen LogP contribution in [0.25, 0.3) is 11.0 Å². The molecule has 0 radical (unpaired) electrons. The number of para-hydroxylation sites is 1. The number of rotatable bonds is 5. The first kappa shape index (κ1) is 22.0. The molecule has 1 aliphatic heterocycles. The van der Waals surface area contributed by atoms with Crippen molar-refractivity contribution in [2.24, 2.45) is 11.8 Å². The summed E-state index contributed by atoms with van der Waals surface area (Å²) in [6.45, 7) is 4.07. The van der Waals surface area contributed by atoms with E-state index in [-0.39, 0.29) is 0 Å². The van der Waals surface area contributed by atoms with Crippen LogP contribution in [0.4, 0.5) is 0 Å². The van der Waals surface area contributed by atoms with Crippen molar-refractivity contribution in [2.75, 3.05) is 19.6 Å². The molecule has 6 heteroatoms. The number of nitrogens with zero attached hydrogens (tertiary/aromatic N) is 3. The van der Waals surface area contributed by atoms with E-state index < -0.39 is 0 Å². The van der Waals surface area contributed by atoms with Crippen molar-refractivity contribution in [3.63, 3.8) is 0 Å². The average Bonchev–Trinajstić information content (AvgIpc) is 3.41. The summed E-state index contributed by atoms with van der Waals surface area (Å²) in [7, 11) is 0. The lowest BCUT2D eigenvalue weighted by Gasteiger charge is -2.38. The van der Waals surface area contributed by atoms with Gasteiger partial charge in [0.2, 0.25) is 0 Å². The van der Waals surface area contributed by atoms with E-state index in [2.05, 4.69) is 22.2 Å². The van der Waals surface area contributed by atoms with Gasteiger partial charge in [0.15, 0.2) is 17.3 Å². The van der Waals surface area contributed by atoms with Crippen LogP contribution in [0.15, 0.2) is 28.8 Å². The van der Waals surface area contributed by atoms with Crippen LogP contribution in [0.1, 0.15) is 74.1 Å². The van der Waals surface area contributed by atoms with Crippen LogP contribution in [-0.2, 0) is 19.4 Å². The van der Waals surface area contributed by atoms with E-state index in [0.29, 0.717) is 29.5 Å². The monoisotopic (exact) mass is 463 g/mol. The molecule has 6 rings (SSSR count). The molecule has 1 saturated heterocycles. The number of hydrogen-bond acceptors (Lipinski definition) is 5. The van der Waals surface area contributed by atoms with E-state index in [0.717, 1.165) is 87.1 Å². The normalized spacial score (nSPS) is 24.5. The average molecular weight is 464 g/mol. The predicted molar refractivity (Wildman–Crippen MR) is 132 cm³/mol. The van der Waals surface area contributed by atoms with Gasteiger partial charge < -0.3 is 19.6 Å². The number of fused-ring (bicyclic) bond motifs is 2. The number of aromatic hydroxyl groups is 2. The summed E-state index contributed by atoms with van der Waals surface area (Å²) < 4.78 is 7.40. The van der Waals surface area contributed by atoms with E-state index in [1.165, 1.54) is 31.1 Å². The minimum absolute atomic E-state index is 0.331. The molecule has 2 atom stereocenters. The van der Waals surface area contributed by atoms with Crippen LogP contribution in [0.5, 0.6) is 11.8 Å². The molecule has 0 spiro atoms. The maximum atomic E-state index is 10.9. The molecule has 2 unspecified atom stereocenters. The molecule has 182 valence electrons. The zero-order valence-corrected chi connectivity index (χ0v) is 20.1. The smallest absolute Gasteiger partial charge is 0.197 e. The van der Waals surface area contributed by atoms with Gasteiger partial charge in [-0.1, -0.05) is 30.1 Å². The number of likely N-dealkylation sites (tertiary alicyclic amines) is 1. The van der Waals surface area contributed by atoms with Crippen LogP contribution in [0, 0.1) is 11.8 Å². The van der Waals surface area contributed by atoms with Crippen molar-refractivity contribution in [3.8, 4) is 11.8 Å². The van der Waals surface area contributed by atoms with Crippen molar-refractivity contribution >= 4 is 11.0 Å². The van der Waals surface area contributed by atoms with Crippen molar-refractivity contribution in [2.45, 2.75) is 76.7 Å². The second-order valence-electron chi connectivity index (χ2n) is 10.9. The highest BCUT2D eigenvalue weighted by Crippen LogP contribution is 2.42. The third-order valence-corrected chi connectivity index (χ3v) is 8.87. The van der Waals surface area contributed by atoms with Gasteiger partial charge in [-0.3, -0.25) is 4.57 Å². The van der Waals surface area contributed by atoms with Crippen LogP contribution >= 0.6 is 0 Å². The van der Waals surface area contributed by atoms with E-state index in [9.17, 15) is 10.2 Å². The maximum Gasteiger partial charge on any atom is 0.197 e. The molecule has 3 aromatic rings. The minimum atomic E-state index is 0.331. The SMILES string of the molecule is Oc1c2c(c(O)n1CC1CCCCC1CN1CCC(c3noc4ccccc34)CC1)CCCC2. The number of piperidine rings is 1. The number of benzene rings is 1. The van der Waals surface area contributed by atoms with Crippen molar-refractivity contribution < 1.29 is 14.7 Å². The zero-order valence-electron chi connectivity index (χ0n) is 20.1. The molecule has 0 bridgehead atoms. The lowest BCUT2D eigenvalue weighted by Crippen LogP contribution is -2.40. The van der Waals surface area contributed by atoms with E-state index in [4.69, 9.17) is 4.52 Å². The van der Waals surface area contributed by atoms with Crippen LogP contribution < -0.4 is 0 Å². The first-order chi connectivity index (χ1) is 16.7. The Morgan fingerprint density at radius 2 is 1.47 bits per heavy atom. The van der Waals surface area contributed by atoms with Gasteiger partial charge in [0.05, 0.1) is 5.69 Å². The van der Waals surface area contributed by atoms with E-state index in [1.54, 1.807) is 0 Å². The van der Waals surface area contributed by atoms with Gasteiger partial charge in [0, 0.05) is 35.5 Å². The van der Waals surface area contributed by atoms with Gasteiger partial charge in [-0.15, -0.1) is 0 Å². The second kappa shape index (κ2) is 9.29. The first-order valence-corrected chi connectivity index (χ1v) is 13.4. The molecule has 3 aliphatic rings. The molecular weight excluding hydrogens is 426 g/mol. The topological polar surface area (TPSA) is 74.7 Å². The quantitative estimate of drug-likeness (QED) is 0.515. The molecule has 1 aromatic carbocycles. The highest BCUT2D eigenvalue weighted by Gasteiger charge is 2.32. The highest BCUT2D eigenvalue weighted by atomic mass is 16.5. The predicted octanol–water partition coefficient (Wildman–Crippen LogP) is 5.61. The molecule has 3 heterocycles. The summed E-state index contributed by atoms with van der Waals surface area (Å²) in [4.78, 5) is 2.64. The van der Waals surface area contributed by atoms with Gasteiger partial charge in [0.25, 0.3) is 0 Å². The van der Waals surface area contributed by atoms with E-state index >= 15 is 0 Å². The highest BCUT2D eigenvalue weighted by molar-refractivity contribution is 5.79. The Bertz CT molecular complexity index is 1110. The van der Waals surface area contributed by atoms with Crippen molar-refractivity contribution in [3.05, 3.63) is 41.1 Å². The Balaban J connectivity index is 1.11. The molecular formula is C28H37N3O3. The van der Waals surface area contributed by atoms with Gasteiger partial charge in [-0.2, -0.15) is 0 Å². The van der Waals surface area contributed by atoms with Gasteiger partial charge in [-0.05, 0) is 88.4 Å². The summed E-state index contributed by atoms with van der Waals surface area (Å²) >= 11 is 0. The Kier molecular flexibility index (Phi) is 6.02. The largest absolute Gasteiger partial charge is 0.494 e. The minimum Gasteiger partial charge on any atom is -0.494 e. The Labute approximate surface area is 201 Å². The summed E-state index contributed by atoms with van der Waals surface area (Å²) in [6, 6.07) is 8.20. The Morgan fingerprint density at radius 1 is 0.824 bits per heavy atom. The molecule has 2 aliphatic carbocycles. The summed E-state index contributed by atoms with van der Waals surface area (Å²) in [6.07, 6.45) is 11.2. The number of aromatic nitrogens is 2. The lowest BCUT2D eigenvalue weighted by molar-refractivity contribution is 0.116. The number of hydrogen-bond donors (Lipinski definition) is 2. The molecule has 1 saturated carbocycles. The summed E-state index contributed by atoms with van der Waals surface area (Å²) in [5, 5.41) is 27.3. The van der Waals surface area contributed by atoms with E-state index in [1.807, 2.05) is 16.7 Å². The molecule has 34 heavy (non-hydrogen) atoms. The molecule has 2 fully saturated rings. The van der Waals surface area contributed by atoms with Gasteiger partial charge >= 0.3 is 0 Å². The summed E-state index contributed by atoms with van der Waals surface area (Å²) in [5.41, 5.74) is 4.02. The zero-order chi connectivity index (χ0) is 23.1. The molecule has 2 aromatic heterocycles. The van der Waals surface area contributed by atoms with Crippen molar-refractivity contribution in [1.29, 1.82) is 0 Å². The fraction of sp³-hybridized carbons (Fsp3) is 0.607. The van der Waals surface area contributed by atoms with Gasteiger partial charge in [0.1, 0.15) is 0 Å². The standard InChI is InChI=1S/C28H37N3O3/c32-27-22-9-3-4-10-23(22)28(33)31(27)18-21-8-2-1-7-20(21)17-30-15-13-19(14-16-30)26-24-11-5-6-12-25(24)34-29-26/h5-6,11-12,19-21,32-33H,1-4,7-10,13-18H2. The fourth-order valence-electron chi connectivity index (χ4n) is 6.92. The van der Waals surface area contributed by atoms with Crippen LogP contribution in [0.2, 0.25) is 0 Å². The van der Waals surface area contributed by atoms with Crippen LogP contribution in [-0.4, -0.2) is 44.5 Å². The van der Waals surface area contributed by atoms with Gasteiger partial charge in [-0.25, -0.2) is 0 Å². The third-order valence-electron chi connectivity index (χ3n) is 8.87. The Hall–Kier alpha value is -2.47. The lowest BCUT2D eigenvalue weighted by atomic mass is 9.78. The molecule has 6 nitrogen and oxygen atoms in total. The van der Waals surface area contributed by atoms with Crippen LogP contribution in [0.3, 0.4) is 0 Å². The summed E-state index contributed by atoms with van der Waals surface area (Å²) in [5.74, 6) is 2.27. The fourth-order valence-corrected chi connectivity index (χ4v) is 6.92. The molecule has 2 N–H and O–H groups in total. The maximum absolute atomic E-state index is 10.9. The molecule has 0 amide bonds.